The lowest BCUT2D eigenvalue weighted by Crippen LogP contribution is -1.88. The summed E-state index contributed by atoms with van der Waals surface area (Å²) in [5, 5.41) is 0. The van der Waals surface area contributed by atoms with Crippen LogP contribution < -0.4 is 0 Å². The van der Waals surface area contributed by atoms with E-state index in [9.17, 15) is 4.39 Å². The van der Waals surface area contributed by atoms with Crippen LogP contribution in [0, 0.1) is 11.7 Å². The van der Waals surface area contributed by atoms with Crippen molar-refractivity contribution in [3.8, 4) is 0 Å². The number of nitrogens with zero attached hydrogens (tertiary/aromatic N) is 1. The molecule has 0 unspecified atom stereocenters. The molecule has 0 bridgehead atoms. The Morgan fingerprint density at radius 2 is 2.36 bits per heavy atom. The largest absolute Gasteiger partial charge is 0.262 e. The van der Waals surface area contributed by atoms with Gasteiger partial charge in [-0.25, -0.2) is 4.39 Å². The molecule has 2 heteroatoms. The molecular formula is C9H10FN. The van der Waals surface area contributed by atoms with Crippen molar-refractivity contribution in [2.45, 2.75) is 19.3 Å². The van der Waals surface area contributed by atoms with Gasteiger partial charge < -0.3 is 0 Å². The number of halogens is 1. The van der Waals surface area contributed by atoms with Gasteiger partial charge in [-0.2, -0.15) is 0 Å². The molecule has 1 aliphatic carbocycles. The maximum Gasteiger partial charge on any atom is 0.144 e. The first-order chi connectivity index (χ1) is 5.29. The van der Waals surface area contributed by atoms with Crippen LogP contribution in [0.25, 0.3) is 0 Å². The van der Waals surface area contributed by atoms with Crippen molar-refractivity contribution in [2.75, 3.05) is 0 Å². The average molecular weight is 151 g/mol. The fraction of sp³-hybridized carbons (Fsp3) is 0.444. The summed E-state index contributed by atoms with van der Waals surface area (Å²) in [7, 11) is 0. The molecule has 58 valence electrons. The molecule has 2 rings (SSSR count). The van der Waals surface area contributed by atoms with Crippen LogP contribution in [0.3, 0.4) is 0 Å². The number of pyridine rings is 1. The van der Waals surface area contributed by atoms with Gasteiger partial charge in [-0.3, -0.25) is 4.98 Å². The Bertz CT molecular complexity index is 272. The van der Waals surface area contributed by atoms with E-state index in [1.165, 1.54) is 6.20 Å². The van der Waals surface area contributed by atoms with Crippen molar-refractivity contribution in [3.05, 3.63) is 29.8 Å². The van der Waals surface area contributed by atoms with Gasteiger partial charge in [0.2, 0.25) is 0 Å². The summed E-state index contributed by atoms with van der Waals surface area (Å²) >= 11 is 0. The molecule has 1 aromatic rings. The zero-order valence-corrected chi connectivity index (χ0v) is 6.42. The average Bonchev–Trinajstić information content (AvgIpc) is 2.68. The maximum atomic E-state index is 13.0. The van der Waals surface area contributed by atoms with Crippen molar-refractivity contribution in [1.82, 2.24) is 4.98 Å². The van der Waals surface area contributed by atoms with E-state index in [1.54, 1.807) is 12.3 Å². The summed E-state index contributed by atoms with van der Waals surface area (Å²) < 4.78 is 13.0. The van der Waals surface area contributed by atoms with E-state index in [1.807, 2.05) is 0 Å². The van der Waals surface area contributed by atoms with Crippen molar-refractivity contribution in [2.24, 2.45) is 5.92 Å². The van der Waals surface area contributed by atoms with E-state index in [0.29, 0.717) is 11.8 Å². The van der Waals surface area contributed by atoms with Crippen LogP contribution in [0.1, 0.15) is 24.8 Å². The zero-order valence-electron chi connectivity index (χ0n) is 6.42. The van der Waals surface area contributed by atoms with Gasteiger partial charge in [-0.1, -0.05) is 6.92 Å². The van der Waals surface area contributed by atoms with Crippen LogP contribution in [0.4, 0.5) is 4.39 Å². The van der Waals surface area contributed by atoms with E-state index in [-0.39, 0.29) is 5.82 Å². The topological polar surface area (TPSA) is 12.9 Å². The molecule has 1 saturated carbocycles. The van der Waals surface area contributed by atoms with Gasteiger partial charge >= 0.3 is 0 Å². The van der Waals surface area contributed by atoms with Crippen LogP contribution in [-0.2, 0) is 0 Å². The highest BCUT2D eigenvalue weighted by Gasteiger charge is 2.35. The van der Waals surface area contributed by atoms with E-state index >= 15 is 0 Å². The number of aromatic nitrogens is 1. The molecule has 1 aromatic heterocycles. The predicted molar refractivity (Wildman–Crippen MR) is 40.7 cm³/mol. The van der Waals surface area contributed by atoms with Crippen molar-refractivity contribution < 1.29 is 4.39 Å². The van der Waals surface area contributed by atoms with Gasteiger partial charge in [-0.15, -0.1) is 0 Å². The van der Waals surface area contributed by atoms with Gasteiger partial charge in [0.25, 0.3) is 0 Å². The molecule has 0 amide bonds. The highest BCUT2D eigenvalue weighted by molar-refractivity contribution is 5.24. The second-order valence-electron chi connectivity index (χ2n) is 3.22. The molecule has 0 radical (unpaired) electrons. The third kappa shape index (κ3) is 1.13. The first-order valence-corrected chi connectivity index (χ1v) is 3.88. The van der Waals surface area contributed by atoms with Crippen LogP contribution in [0.5, 0.6) is 0 Å². The Morgan fingerprint density at radius 3 is 2.91 bits per heavy atom. The molecule has 11 heavy (non-hydrogen) atoms. The van der Waals surface area contributed by atoms with Crippen LogP contribution in [-0.4, -0.2) is 4.98 Å². The lowest BCUT2D eigenvalue weighted by atomic mass is 10.1. The summed E-state index contributed by atoms with van der Waals surface area (Å²) in [5.41, 5.74) is 0.840. The molecule has 0 spiro atoms. The van der Waals surface area contributed by atoms with Crippen LogP contribution >= 0.6 is 0 Å². The minimum Gasteiger partial charge on any atom is -0.262 e. The number of rotatable bonds is 1. The zero-order chi connectivity index (χ0) is 7.84. The van der Waals surface area contributed by atoms with Crippen LogP contribution in [0.2, 0.25) is 0 Å². The summed E-state index contributed by atoms with van der Waals surface area (Å²) in [4.78, 5) is 3.71. The summed E-state index contributed by atoms with van der Waals surface area (Å²) in [6.45, 7) is 2.14. The molecule has 0 N–H and O–H groups in total. The second-order valence-corrected chi connectivity index (χ2v) is 3.22. The Balaban J connectivity index is 2.31. The first kappa shape index (κ1) is 6.77. The smallest absolute Gasteiger partial charge is 0.144 e. The normalized spacial score (nSPS) is 28.5. The lowest BCUT2D eigenvalue weighted by molar-refractivity contribution is 0.601. The molecule has 0 saturated heterocycles. The Kier molecular flexibility index (Phi) is 1.41. The fourth-order valence-electron chi connectivity index (χ4n) is 1.44. The second kappa shape index (κ2) is 2.29. The van der Waals surface area contributed by atoms with Gasteiger partial charge in [0.1, 0.15) is 5.82 Å². The monoisotopic (exact) mass is 151 g/mol. The summed E-state index contributed by atoms with van der Waals surface area (Å²) in [6, 6.07) is 1.78. The van der Waals surface area contributed by atoms with Crippen LogP contribution in [0.15, 0.2) is 18.5 Å². The SMILES string of the molecule is C[C@H]1C[C@@H]1c1ccncc1F. The van der Waals surface area contributed by atoms with Gasteiger partial charge in [-0.05, 0) is 29.9 Å². The highest BCUT2D eigenvalue weighted by atomic mass is 19.1. The Morgan fingerprint density at radius 1 is 1.64 bits per heavy atom. The third-order valence-electron chi connectivity index (χ3n) is 2.31. The Labute approximate surface area is 65.3 Å². The van der Waals surface area contributed by atoms with E-state index in [4.69, 9.17) is 0 Å². The molecule has 2 atom stereocenters. The summed E-state index contributed by atoms with van der Waals surface area (Å²) in [6.07, 6.45) is 4.07. The molecule has 0 aliphatic heterocycles. The molecule has 1 aliphatic rings. The molecule has 0 aromatic carbocycles. The number of hydrogen-bond donors (Lipinski definition) is 0. The molecular weight excluding hydrogens is 141 g/mol. The van der Waals surface area contributed by atoms with E-state index < -0.39 is 0 Å². The minimum atomic E-state index is -0.151. The van der Waals surface area contributed by atoms with E-state index in [2.05, 4.69) is 11.9 Å². The van der Waals surface area contributed by atoms with Gasteiger partial charge in [0.05, 0.1) is 6.20 Å². The first-order valence-electron chi connectivity index (χ1n) is 3.88. The maximum absolute atomic E-state index is 13.0. The van der Waals surface area contributed by atoms with Gasteiger partial charge in [0.15, 0.2) is 0 Å². The fourth-order valence-corrected chi connectivity index (χ4v) is 1.44. The van der Waals surface area contributed by atoms with E-state index in [0.717, 1.165) is 12.0 Å². The van der Waals surface area contributed by atoms with Crippen molar-refractivity contribution in [1.29, 1.82) is 0 Å². The third-order valence-corrected chi connectivity index (χ3v) is 2.31. The highest BCUT2D eigenvalue weighted by Crippen LogP contribution is 2.47. The molecule has 1 fully saturated rings. The Hall–Kier alpha value is -0.920. The lowest BCUT2D eigenvalue weighted by Gasteiger charge is -1.97. The number of hydrogen-bond acceptors (Lipinski definition) is 1. The predicted octanol–water partition coefficient (Wildman–Crippen LogP) is 2.34. The van der Waals surface area contributed by atoms with Crippen molar-refractivity contribution >= 4 is 0 Å². The van der Waals surface area contributed by atoms with Gasteiger partial charge in [0, 0.05) is 6.20 Å². The molecule has 1 nitrogen and oxygen atoms in total. The summed E-state index contributed by atoms with van der Waals surface area (Å²) in [5.74, 6) is 0.965. The molecule has 1 heterocycles. The quantitative estimate of drug-likeness (QED) is 0.600. The minimum absolute atomic E-state index is 0.151. The standard InChI is InChI=1S/C9H10FN/c1-6-4-8(6)7-2-3-11-5-9(7)10/h2-3,5-6,8H,4H2,1H3/t6-,8-/m0/s1. The van der Waals surface area contributed by atoms with Crippen molar-refractivity contribution in [3.63, 3.8) is 0 Å².